The van der Waals surface area contributed by atoms with Crippen LogP contribution in [-0.2, 0) is 7.05 Å². The fraction of sp³-hybridized carbons (Fsp3) is 0.471. The predicted octanol–water partition coefficient (Wildman–Crippen LogP) is 2.54. The second-order valence-electron chi connectivity index (χ2n) is 6.06. The second-order valence-corrected chi connectivity index (χ2v) is 6.06. The number of hydrogen-bond acceptors (Lipinski definition) is 3. The van der Waals surface area contributed by atoms with Gasteiger partial charge in [0.05, 0.1) is 12.1 Å². The standard InChI is InChI=1S/C17H22FN3O/c1-21-10-9-19-17(21)16(12-3-2-4-13(18)11-12)20-14-5-7-15(22)8-6-14/h2-4,9-11,14-16,20,22H,5-8H2,1H3. The first-order chi connectivity index (χ1) is 10.6. The van der Waals surface area contributed by atoms with Gasteiger partial charge >= 0.3 is 0 Å². The van der Waals surface area contributed by atoms with Crippen molar-refractivity contribution in [3.63, 3.8) is 0 Å². The SMILES string of the molecule is Cn1ccnc1C(NC1CCC(O)CC1)c1cccc(F)c1. The summed E-state index contributed by atoms with van der Waals surface area (Å²) in [5, 5.41) is 13.3. The lowest BCUT2D eigenvalue weighted by molar-refractivity contribution is 0.115. The Hall–Kier alpha value is -1.72. The van der Waals surface area contributed by atoms with Gasteiger partial charge in [-0.1, -0.05) is 12.1 Å². The Kier molecular flexibility index (Phi) is 4.55. The summed E-state index contributed by atoms with van der Waals surface area (Å²) >= 11 is 0. The van der Waals surface area contributed by atoms with Gasteiger partial charge in [0.15, 0.2) is 0 Å². The summed E-state index contributed by atoms with van der Waals surface area (Å²) in [5.74, 6) is 0.634. The highest BCUT2D eigenvalue weighted by Crippen LogP contribution is 2.26. The van der Waals surface area contributed by atoms with Gasteiger partial charge in [0.25, 0.3) is 0 Å². The molecule has 1 aliphatic rings. The molecule has 0 saturated heterocycles. The Bertz CT molecular complexity index is 620. The van der Waals surface area contributed by atoms with E-state index >= 15 is 0 Å². The molecule has 22 heavy (non-hydrogen) atoms. The molecule has 2 aromatic rings. The average Bonchev–Trinajstić information content (AvgIpc) is 2.92. The maximum Gasteiger partial charge on any atom is 0.130 e. The van der Waals surface area contributed by atoms with E-state index in [1.165, 1.54) is 6.07 Å². The molecule has 1 unspecified atom stereocenters. The Morgan fingerprint density at radius 2 is 2.09 bits per heavy atom. The lowest BCUT2D eigenvalue weighted by Gasteiger charge is -2.30. The molecule has 3 rings (SSSR count). The number of aryl methyl sites for hydroxylation is 1. The van der Waals surface area contributed by atoms with Crippen molar-refractivity contribution >= 4 is 0 Å². The van der Waals surface area contributed by atoms with Gasteiger partial charge in [-0.15, -0.1) is 0 Å². The highest BCUT2D eigenvalue weighted by molar-refractivity contribution is 5.26. The topological polar surface area (TPSA) is 50.1 Å². The summed E-state index contributed by atoms with van der Waals surface area (Å²) in [6.45, 7) is 0. The predicted molar refractivity (Wildman–Crippen MR) is 82.8 cm³/mol. The molecular weight excluding hydrogens is 281 g/mol. The van der Waals surface area contributed by atoms with Crippen LogP contribution >= 0.6 is 0 Å². The molecule has 5 heteroatoms. The van der Waals surface area contributed by atoms with E-state index in [2.05, 4.69) is 10.3 Å². The molecule has 0 amide bonds. The van der Waals surface area contributed by atoms with E-state index in [9.17, 15) is 9.50 Å². The maximum atomic E-state index is 13.6. The minimum absolute atomic E-state index is 0.143. The van der Waals surface area contributed by atoms with Gasteiger partial charge in [-0.25, -0.2) is 9.37 Å². The molecule has 1 aromatic heterocycles. The molecule has 0 radical (unpaired) electrons. The van der Waals surface area contributed by atoms with E-state index in [1.807, 2.05) is 23.9 Å². The number of nitrogens with one attached hydrogen (secondary N) is 1. The van der Waals surface area contributed by atoms with Crippen LogP contribution in [0.15, 0.2) is 36.7 Å². The molecule has 1 saturated carbocycles. The molecule has 1 aliphatic carbocycles. The van der Waals surface area contributed by atoms with Crippen LogP contribution in [0.5, 0.6) is 0 Å². The number of nitrogens with zero attached hydrogens (tertiary/aromatic N) is 2. The molecule has 2 N–H and O–H groups in total. The second kappa shape index (κ2) is 6.58. The number of aliphatic hydroxyl groups excluding tert-OH is 1. The van der Waals surface area contributed by atoms with E-state index in [-0.39, 0.29) is 18.0 Å². The van der Waals surface area contributed by atoms with Crippen molar-refractivity contribution in [1.82, 2.24) is 14.9 Å². The molecule has 1 heterocycles. The first kappa shape index (κ1) is 15.2. The van der Waals surface area contributed by atoms with Crippen LogP contribution < -0.4 is 5.32 Å². The third-order valence-electron chi connectivity index (χ3n) is 4.40. The van der Waals surface area contributed by atoms with E-state index in [1.54, 1.807) is 18.3 Å². The first-order valence-electron chi connectivity index (χ1n) is 7.80. The van der Waals surface area contributed by atoms with Crippen molar-refractivity contribution in [2.45, 2.75) is 43.9 Å². The van der Waals surface area contributed by atoms with Crippen LogP contribution in [0.1, 0.15) is 43.1 Å². The smallest absolute Gasteiger partial charge is 0.130 e. The van der Waals surface area contributed by atoms with Gasteiger partial charge in [-0.2, -0.15) is 0 Å². The summed E-state index contributed by atoms with van der Waals surface area (Å²) in [6, 6.07) is 6.84. The van der Waals surface area contributed by atoms with Crippen molar-refractivity contribution in [1.29, 1.82) is 0 Å². The molecule has 4 nitrogen and oxygen atoms in total. The highest BCUT2D eigenvalue weighted by Gasteiger charge is 2.25. The van der Waals surface area contributed by atoms with Crippen LogP contribution in [-0.4, -0.2) is 26.8 Å². The summed E-state index contributed by atoms with van der Waals surface area (Å²) in [7, 11) is 1.95. The summed E-state index contributed by atoms with van der Waals surface area (Å²) in [4.78, 5) is 4.43. The zero-order valence-corrected chi connectivity index (χ0v) is 12.7. The molecule has 1 aromatic carbocycles. The lowest BCUT2D eigenvalue weighted by atomic mass is 9.92. The molecular formula is C17H22FN3O. The van der Waals surface area contributed by atoms with Crippen LogP contribution in [0.25, 0.3) is 0 Å². The minimum atomic E-state index is -0.238. The molecule has 0 spiro atoms. The number of benzene rings is 1. The summed E-state index contributed by atoms with van der Waals surface area (Å²) < 4.78 is 15.6. The number of imidazole rings is 1. The van der Waals surface area contributed by atoms with Crippen molar-refractivity contribution in [3.05, 3.63) is 53.9 Å². The van der Waals surface area contributed by atoms with Crippen molar-refractivity contribution < 1.29 is 9.50 Å². The normalized spacial score (nSPS) is 23.4. The monoisotopic (exact) mass is 303 g/mol. The minimum Gasteiger partial charge on any atom is -0.393 e. The zero-order valence-electron chi connectivity index (χ0n) is 12.7. The molecule has 1 fully saturated rings. The molecule has 0 aliphatic heterocycles. The molecule has 0 bridgehead atoms. The van der Waals surface area contributed by atoms with E-state index in [4.69, 9.17) is 0 Å². The van der Waals surface area contributed by atoms with E-state index < -0.39 is 0 Å². The van der Waals surface area contributed by atoms with Crippen molar-refractivity contribution in [2.24, 2.45) is 7.05 Å². The Labute approximate surface area is 130 Å². The molecule has 1 atom stereocenters. The van der Waals surface area contributed by atoms with Gasteiger partial charge in [0.2, 0.25) is 0 Å². The maximum absolute atomic E-state index is 13.6. The van der Waals surface area contributed by atoms with Gasteiger partial charge in [-0.3, -0.25) is 0 Å². The zero-order chi connectivity index (χ0) is 15.5. The third-order valence-corrected chi connectivity index (χ3v) is 4.40. The van der Waals surface area contributed by atoms with Crippen LogP contribution in [0.3, 0.4) is 0 Å². The van der Waals surface area contributed by atoms with E-state index in [0.717, 1.165) is 37.1 Å². The number of aromatic nitrogens is 2. The van der Waals surface area contributed by atoms with Crippen molar-refractivity contribution in [3.8, 4) is 0 Å². The number of hydrogen-bond donors (Lipinski definition) is 2. The average molecular weight is 303 g/mol. The molecule has 118 valence electrons. The fourth-order valence-electron chi connectivity index (χ4n) is 3.14. The largest absolute Gasteiger partial charge is 0.393 e. The number of halogens is 1. The number of rotatable bonds is 4. The van der Waals surface area contributed by atoms with E-state index in [0.29, 0.717) is 6.04 Å². The van der Waals surface area contributed by atoms with Gasteiger partial charge in [-0.05, 0) is 43.4 Å². The van der Waals surface area contributed by atoms with Crippen LogP contribution in [0, 0.1) is 5.82 Å². The Morgan fingerprint density at radius 1 is 1.32 bits per heavy atom. The van der Waals surface area contributed by atoms with Gasteiger partial charge in [0, 0.05) is 25.5 Å². The van der Waals surface area contributed by atoms with Crippen LogP contribution in [0.4, 0.5) is 4.39 Å². The third kappa shape index (κ3) is 3.36. The first-order valence-corrected chi connectivity index (χ1v) is 7.80. The highest BCUT2D eigenvalue weighted by atomic mass is 19.1. The van der Waals surface area contributed by atoms with Crippen molar-refractivity contribution in [2.75, 3.05) is 0 Å². The summed E-state index contributed by atoms with van der Waals surface area (Å²) in [6.07, 6.45) is 6.96. The van der Waals surface area contributed by atoms with Gasteiger partial charge < -0.3 is 15.0 Å². The van der Waals surface area contributed by atoms with Gasteiger partial charge in [0.1, 0.15) is 11.6 Å². The quantitative estimate of drug-likeness (QED) is 0.912. The summed E-state index contributed by atoms with van der Waals surface area (Å²) in [5.41, 5.74) is 0.875. The Balaban J connectivity index is 1.85. The Morgan fingerprint density at radius 3 is 2.73 bits per heavy atom. The van der Waals surface area contributed by atoms with Crippen LogP contribution in [0.2, 0.25) is 0 Å². The number of aliphatic hydroxyl groups is 1. The fourth-order valence-corrected chi connectivity index (χ4v) is 3.14. The lowest BCUT2D eigenvalue weighted by Crippen LogP contribution is -2.38.